The second-order valence-corrected chi connectivity index (χ2v) is 8.84. The molecule has 0 spiro atoms. The highest BCUT2D eigenvalue weighted by Crippen LogP contribution is 2.42. The van der Waals surface area contributed by atoms with Gasteiger partial charge in [-0.3, -0.25) is 4.79 Å². The number of carbonyl (C=O) groups is 2. The first-order valence-electron chi connectivity index (χ1n) is 8.61. The number of halogens is 1. The molecule has 2 heterocycles. The van der Waals surface area contributed by atoms with Gasteiger partial charge in [-0.15, -0.1) is 0 Å². The molecule has 3 rings (SSSR count). The zero-order valence-electron chi connectivity index (χ0n) is 15.3. The van der Waals surface area contributed by atoms with Crippen LogP contribution < -0.4 is 14.3 Å². The van der Waals surface area contributed by atoms with Crippen LogP contribution in [0.15, 0.2) is 6.07 Å². The van der Waals surface area contributed by atoms with E-state index >= 15 is 4.39 Å². The molecule has 0 unspecified atom stereocenters. The molecule has 1 aromatic carbocycles. The van der Waals surface area contributed by atoms with E-state index in [4.69, 9.17) is 0 Å². The van der Waals surface area contributed by atoms with E-state index in [-0.39, 0.29) is 30.1 Å². The van der Waals surface area contributed by atoms with Crippen LogP contribution in [-0.4, -0.2) is 61.2 Å². The van der Waals surface area contributed by atoms with Gasteiger partial charge in [0.15, 0.2) is 5.82 Å². The molecule has 1 aromatic rings. The molecule has 2 aliphatic rings. The summed E-state index contributed by atoms with van der Waals surface area (Å²) < 4.78 is 41.3. The van der Waals surface area contributed by atoms with Crippen LogP contribution in [0.4, 0.5) is 20.6 Å². The van der Waals surface area contributed by atoms with Gasteiger partial charge in [0.25, 0.3) is 5.91 Å². The molecule has 0 aromatic heterocycles. The summed E-state index contributed by atoms with van der Waals surface area (Å²) >= 11 is 0. The number of carbonyl (C=O) groups excluding carboxylic acids is 1. The average molecular weight is 416 g/mol. The maximum absolute atomic E-state index is 15.1. The van der Waals surface area contributed by atoms with Gasteiger partial charge in [-0.25, -0.2) is 18.2 Å². The zero-order valence-corrected chi connectivity index (χ0v) is 16.1. The maximum Gasteiger partial charge on any atom is 0.407 e. The van der Waals surface area contributed by atoms with Crippen molar-refractivity contribution in [1.82, 2.24) is 9.62 Å². The normalized spacial score (nSPS) is 20.1. The first kappa shape index (κ1) is 20.0. The number of hydrogen-bond donors (Lipinski definition) is 4. The molecule has 0 bridgehead atoms. The summed E-state index contributed by atoms with van der Waals surface area (Å²) in [5, 5.41) is 22.5. The van der Waals surface area contributed by atoms with Gasteiger partial charge in [0.05, 0.1) is 0 Å². The Morgan fingerprint density at radius 3 is 2.68 bits per heavy atom. The number of hydrogen-bond acceptors (Lipinski definition) is 6. The highest BCUT2D eigenvalue weighted by Gasteiger charge is 2.39. The Kier molecular flexibility index (Phi) is 5.00. The molecular formula is C16H21FN4O6S. The SMILES string of the molecule is CC(C)CN(C[C@H]1Cc2c(cc(O)c(N3CC(=O)NS3(=O)=O)c2F)N1)C(=O)O. The fourth-order valence-electron chi connectivity index (χ4n) is 3.44. The van der Waals surface area contributed by atoms with Gasteiger partial charge in [-0.1, -0.05) is 13.8 Å². The Morgan fingerprint density at radius 1 is 1.46 bits per heavy atom. The second-order valence-electron chi connectivity index (χ2n) is 7.25. The second kappa shape index (κ2) is 7.00. The smallest absolute Gasteiger partial charge is 0.407 e. The number of aromatic hydroxyl groups is 1. The predicted octanol–water partition coefficient (Wildman–Crippen LogP) is 0.685. The van der Waals surface area contributed by atoms with Crippen LogP contribution in [0, 0.1) is 11.7 Å². The number of benzene rings is 1. The molecule has 1 atom stereocenters. The minimum absolute atomic E-state index is 0.0970. The molecule has 1 saturated heterocycles. The van der Waals surface area contributed by atoms with Crippen molar-refractivity contribution < 1.29 is 32.6 Å². The summed E-state index contributed by atoms with van der Waals surface area (Å²) in [6, 6.07) is 0.739. The number of anilines is 2. The van der Waals surface area contributed by atoms with Crippen LogP contribution in [-0.2, 0) is 21.4 Å². The van der Waals surface area contributed by atoms with Gasteiger partial charge < -0.3 is 20.4 Å². The summed E-state index contributed by atoms with van der Waals surface area (Å²) in [4.78, 5) is 24.1. The molecule has 0 aliphatic carbocycles. The molecule has 0 saturated carbocycles. The number of nitrogens with one attached hydrogen (secondary N) is 2. The number of amides is 2. The number of nitrogens with zero attached hydrogens (tertiary/aromatic N) is 2. The third-order valence-corrected chi connectivity index (χ3v) is 5.88. The van der Waals surface area contributed by atoms with Gasteiger partial charge in [0.1, 0.15) is 18.0 Å². The molecular weight excluding hydrogens is 395 g/mol. The monoisotopic (exact) mass is 416 g/mol. The molecule has 2 amide bonds. The Morgan fingerprint density at radius 2 is 2.14 bits per heavy atom. The molecule has 12 heteroatoms. The Hall–Kier alpha value is -2.76. The lowest BCUT2D eigenvalue weighted by atomic mass is 10.1. The van der Waals surface area contributed by atoms with E-state index in [1.54, 1.807) is 4.72 Å². The number of rotatable bonds is 5. The third kappa shape index (κ3) is 3.63. The summed E-state index contributed by atoms with van der Waals surface area (Å²) in [5.41, 5.74) is -0.214. The fraction of sp³-hybridized carbons (Fsp3) is 0.500. The van der Waals surface area contributed by atoms with Crippen LogP contribution in [0.2, 0.25) is 0 Å². The largest absolute Gasteiger partial charge is 0.506 e. The Labute approximate surface area is 161 Å². The number of carboxylic acid groups (broad SMARTS) is 1. The highest BCUT2D eigenvalue weighted by atomic mass is 32.2. The van der Waals surface area contributed by atoms with Crippen LogP contribution >= 0.6 is 0 Å². The average Bonchev–Trinajstić information content (AvgIpc) is 3.06. The predicted molar refractivity (Wildman–Crippen MR) is 98.0 cm³/mol. The maximum atomic E-state index is 15.1. The molecule has 154 valence electrons. The summed E-state index contributed by atoms with van der Waals surface area (Å²) in [6.45, 7) is 3.52. The minimum Gasteiger partial charge on any atom is -0.506 e. The van der Waals surface area contributed by atoms with E-state index in [0.29, 0.717) is 10.8 Å². The molecule has 2 aliphatic heterocycles. The van der Waals surface area contributed by atoms with Crippen molar-refractivity contribution in [3.05, 3.63) is 17.4 Å². The standard InChI is InChI=1S/C16H21FN4O6S/c1-8(2)5-20(16(24)25)6-9-3-10-11(18-9)4-12(22)15(14(10)17)21-7-13(23)19-28(21,26)27/h4,8-9,18,22H,3,5-7H2,1-2H3,(H,19,23)(H,24,25)/t9-/m1/s1. The number of phenols is 1. The van der Waals surface area contributed by atoms with Crippen molar-refractivity contribution in [2.24, 2.45) is 5.92 Å². The van der Waals surface area contributed by atoms with Crippen molar-refractivity contribution in [1.29, 1.82) is 0 Å². The fourth-order valence-corrected chi connectivity index (χ4v) is 4.61. The highest BCUT2D eigenvalue weighted by molar-refractivity contribution is 7.92. The molecule has 1 fully saturated rings. The molecule has 10 nitrogen and oxygen atoms in total. The van der Waals surface area contributed by atoms with Crippen molar-refractivity contribution in [3.8, 4) is 5.75 Å². The lowest BCUT2D eigenvalue weighted by molar-refractivity contribution is -0.117. The van der Waals surface area contributed by atoms with Gasteiger partial charge in [0.2, 0.25) is 0 Å². The number of fused-ring (bicyclic) bond motifs is 1. The van der Waals surface area contributed by atoms with E-state index in [1.807, 2.05) is 13.8 Å². The Balaban J connectivity index is 1.88. The summed E-state index contributed by atoms with van der Waals surface area (Å²) in [6.07, 6.45) is -0.991. The van der Waals surface area contributed by atoms with E-state index in [2.05, 4.69) is 5.32 Å². The third-order valence-electron chi connectivity index (χ3n) is 4.50. The van der Waals surface area contributed by atoms with Crippen LogP contribution in [0.5, 0.6) is 5.75 Å². The van der Waals surface area contributed by atoms with E-state index in [1.165, 1.54) is 11.0 Å². The Bertz CT molecular complexity index is 936. The summed E-state index contributed by atoms with van der Waals surface area (Å²) in [7, 11) is -4.28. The number of phenolic OH excluding ortho intramolecular Hbond substituents is 1. The van der Waals surface area contributed by atoms with Crippen molar-refractivity contribution in [3.63, 3.8) is 0 Å². The van der Waals surface area contributed by atoms with Crippen molar-refractivity contribution >= 4 is 33.6 Å². The van der Waals surface area contributed by atoms with Crippen LogP contribution in [0.3, 0.4) is 0 Å². The van der Waals surface area contributed by atoms with Gasteiger partial charge in [-0.2, -0.15) is 8.42 Å². The topological polar surface area (TPSA) is 139 Å². The lowest BCUT2D eigenvalue weighted by Crippen LogP contribution is -2.41. The van der Waals surface area contributed by atoms with Crippen molar-refractivity contribution in [2.45, 2.75) is 26.3 Å². The van der Waals surface area contributed by atoms with Gasteiger partial charge in [-0.05, 0) is 12.3 Å². The molecule has 4 N–H and O–H groups in total. The molecule has 28 heavy (non-hydrogen) atoms. The zero-order chi connectivity index (χ0) is 20.8. The minimum atomic E-state index is -4.28. The molecule has 0 radical (unpaired) electrons. The summed E-state index contributed by atoms with van der Waals surface area (Å²) in [5.74, 6) is -2.32. The van der Waals surface area contributed by atoms with Gasteiger partial charge in [0, 0.05) is 36.4 Å². The van der Waals surface area contributed by atoms with E-state index < -0.39 is 52.1 Å². The van der Waals surface area contributed by atoms with Crippen LogP contribution in [0.1, 0.15) is 19.4 Å². The van der Waals surface area contributed by atoms with E-state index in [0.717, 1.165) is 0 Å². The first-order chi connectivity index (χ1) is 13.0. The first-order valence-corrected chi connectivity index (χ1v) is 10.1. The van der Waals surface area contributed by atoms with Crippen LogP contribution in [0.25, 0.3) is 0 Å². The van der Waals surface area contributed by atoms with Crippen molar-refractivity contribution in [2.75, 3.05) is 29.3 Å². The lowest BCUT2D eigenvalue weighted by Gasteiger charge is -2.24. The van der Waals surface area contributed by atoms with Gasteiger partial charge >= 0.3 is 16.3 Å². The van der Waals surface area contributed by atoms with E-state index in [9.17, 15) is 28.2 Å². The quantitative estimate of drug-likeness (QED) is 0.554.